The maximum Gasteiger partial charge on any atom is 0.325 e. The van der Waals surface area contributed by atoms with E-state index in [1.165, 1.54) is 4.90 Å². The van der Waals surface area contributed by atoms with Crippen LogP contribution in [0.2, 0.25) is 0 Å². The van der Waals surface area contributed by atoms with Crippen LogP contribution in [0, 0.1) is 5.92 Å². The summed E-state index contributed by atoms with van der Waals surface area (Å²) in [5, 5.41) is 0. The Morgan fingerprint density at radius 2 is 2.11 bits per heavy atom. The number of amides is 1. The van der Waals surface area contributed by atoms with E-state index in [9.17, 15) is 9.59 Å². The molecule has 1 atom stereocenters. The smallest absolute Gasteiger partial charge is 0.325 e. The van der Waals surface area contributed by atoms with Crippen LogP contribution >= 0.6 is 0 Å². The van der Waals surface area contributed by atoms with Gasteiger partial charge in [-0.05, 0) is 25.7 Å². The second-order valence-electron chi connectivity index (χ2n) is 4.82. The van der Waals surface area contributed by atoms with Gasteiger partial charge in [0.25, 0.3) is 0 Å². The molecule has 0 heterocycles. The fraction of sp³-hybridized carbons (Fsp3) is 0.846. The van der Waals surface area contributed by atoms with Crippen LogP contribution in [0.25, 0.3) is 0 Å². The number of esters is 1. The Morgan fingerprint density at radius 3 is 2.63 bits per heavy atom. The summed E-state index contributed by atoms with van der Waals surface area (Å²) in [6, 6.07) is -0.0975. The summed E-state index contributed by atoms with van der Waals surface area (Å²) < 4.78 is 9.81. The van der Waals surface area contributed by atoms with E-state index >= 15 is 0 Å². The molecular weight excluding hydrogens is 248 g/mol. The molecule has 1 unspecified atom stereocenters. The van der Waals surface area contributed by atoms with Crippen LogP contribution in [0.1, 0.15) is 26.2 Å². The Kier molecular flexibility index (Phi) is 6.80. The molecule has 1 amide bonds. The van der Waals surface area contributed by atoms with Crippen molar-refractivity contribution in [1.82, 2.24) is 4.90 Å². The number of hydrogen-bond acceptors (Lipinski definition) is 5. The molecule has 6 nitrogen and oxygen atoms in total. The largest absolute Gasteiger partial charge is 0.465 e. The third-order valence-corrected chi connectivity index (χ3v) is 3.18. The number of nitrogens with zero attached hydrogens (tertiary/aromatic N) is 1. The van der Waals surface area contributed by atoms with Gasteiger partial charge in [-0.25, -0.2) is 0 Å². The molecule has 6 heteroatoms. The van der Waals surface area contributed by atoms with Gasteiger partial charge in [0.2, 0.25) is 5.91 Å². The Morgan fingerprint density at radius 1 is 1.42 bits per heavy atom. The number of methoxy groups -OCH3 is 1. The van der Waals surface area contributed by atoms with Gasteiger partial charge >= 0.3 is 5.97 Å². The molecule has 0 aromatic rings. The Balaban J connectivity index is 2.45. The molecule has 0 saturated heterocycles. The number of carbonyl (C=O) groups excluding carboxylic acids is 2. The molecule has 0 aliphatic heterocycles. The number of ether oxygens (including phenoxy) is 2. The summed E-state index contributed by atoms with van der Waals surface area (Å²) in [6.45, 7) is 2.79. The van der Waals surface area contributed by atoms with Crippen molar-refractivity contribution in [3.8, 4) is 0 Å². The second kappa shape index (κ2) is 8.12. The highest BCUT2D eigenvalue weighted by atomic mass is 16.5. The molecule has 0 radical (unpaired) electrons. The molecule has 110 valence electrons. The van der Waals surface area contributed by atoms with Crippen LogP contribution in [0.5, 0.6) is 0 Å². The summed E-state index contributed by atoms with van der Waals surface area (Å²) in [7, 11) is 1.56. The van der Waals surface area contributed by atoms with E-state index in [0.717, 1.165) is 12.8 Å². The number of rotatable bonds is 9. The first-order valence-electron chi connectivity index (χ1n) is 6.76. The minimum absolute atomic E-state index is 0.0343. The molecule has 1 saturated carbocycles. The van der Waals surface area contributed by atoms with Gasteiger partial charge in [0, 0.05) is 26.1 Å². The number of carbonyl (C=O) groups is 2. The molecule has 2 N–H and O–H groups in total. The fourth-order valence-electron chi connectivity index (χ4n) is 1.88. The molecular formula is C13H24N2O4. The van der Waals surface area contributed by atoms with Crippen LogP contribution in [0.15, 0.2) is 0 Å². The summed E-state index contributed by atoms with van der Waals surface area (Å²) in [6.07, 6.45) is 2.49. The molecule has 1 aliphatic rings. The van der Waals surface area contributed by atoms with Crippen molar-refractivity contribution in [2.75, 3.05) is 33.4 Å². The van der Waals surface area contributed by atoms with Crippen LogP contribution in [0.4, 0.5) is 0 Å². The van der Waals surface area contributed by atoms with Gasteiger partial charge < -0.3 is 20.1 Å². The normalized spacial score (nSPS) is 15.9. The third kappa shape index (κ3) is 6.02. The molecule has 19 heavy (non-hydrogen) atoms. The molecule has 0 aromatic carbocycles. The zero-order chi connectivity index (χ0) is 14.3. The highest BCUT2D eigenvalue weighted by molar-refractivity contribution is 5.82. The fourth-order valence-corrected chi connectivity index (χ4v) is 1.88. The van der Waals surface area contributed by atoms with Gasteiger partial charge in [-0.3, -0.25) is 9.59 Å². The third-order valence-electron chi connectivity index (χ3n) is 3.18. The maximum atomic E-state index is 12.1. The van der Waals surface area contributed by atoms with E-state index in [0.29, 0.717) is 25.7 Å². The summed E-state index contributed by atoms with van der Waals surface area (Å²) in [5.74, 6) is -0.0349. The van der Waals surface area contributed by atoms with Crippen molar-refractivity contribution in [3.63, 3.8) is 0 Å². The van der Waals surface area contributed by atoms with Crippen molar-refractivity contribution in [1.29, 1.82) is 0 Å². The highest BCUT2D eigenvalue weighted by Gasteiger charge is 2.31. The average molecular weight is 272 g/mol. The molecule has 0 bridgehead atoms. The molecule has 0 spiro atoms. The van der Waals surface area contributed by atoms with Crippen LogP contribution < -0.4 is 5.73 Å². The van der Waals surface area contributed by atoms with E-state index in [1.807, 2.05) is 0 Å². The molecule has 1 fully saturated rings. The van der Waals surface area contributed by atoms with E-state index in [-0.39, 0.29) is 24.9 Å². The number of hydrogen-bond donors (Lipinski definition) is 1. The zero-order valence-electron chi connectivity index (χ0n) is 11.8. The lowest BCUT2D eigenvalue weighted by molar-refractivity contribution is -0.149. The second-order valence-corrected chi connectivity index (χ2v) is 4.82. The van der Waals surface area contributed by atoms with Crippen molar-refractivity contribution in [2.45, 2.75) is 32.2 Å². The van der Waals surface area contributed by atoms with E-state index < -0.39 is 5.97 Å². The first-order chi connectivity index (χ1) is 9.08. The van der Waals surface area contributed by atoms with Crippen molar-refractivity contribution in [2.24, 2.45) is 11.7 Å². The lowest BCUT2D eigenvalue weighted by Crippen LogP contribution is -2.41. The van der Waals surface area contributed by atoms with Crippen LogP contribution in [0.3, 0.4) is 0 Å². The van der Waals surface area contributed by atoms with Gasteiger partial charge in [-0.2, -0.15) is 0 Å². The summed E-state index contributed by atoms with van der Waals surface area (Å²) >= 11 is 0. The van der Waals surface area contributed by atoms with Gasteiger partial charge in [0.15, 0.2) is 0 Å². The van der Waals surface area contributed by atoms with Gasteiger partial charge in [-0.1, -0.05) is 0 Å². The minimum Gasteiger partial charge on any atom is -0.465 e. The summed E-state index contributed by atoms with van der Waals surface area (Å²) in [4.78, 5) is 25.0. The van der Waals surface area contributed by atoms with Gasteiger partial charge in [-0.15, -0.1) is 0 Å². The monoisotopic (exact) mass is 272 g/mol. The van der Waals surface area contributed by atoms with Gasteiger partial charge in [0.1, 0.15) is 6.54 Å². The predicted octanol–water partition coefficient (Wildman–Crippen LogP) is 0.152. The van der Waals surface area contributed by atoms with E-state index in [4.69, 9.17) is 15.2 Å². The predicted molar refractivity (Wildman–Crippen MR) is 70.4 cm³/mol. The van der Waals surface area contributed by atoms with E-state index in [1.54, 1.807) is 14.0 Å². The Labute approximate surface area is 114 Å². The van der Waals surface area contributed by atoms with Crippen LogP contribution in [-0.2, 0) is 19.1 Å². The summed E-state index contributed by atoms with van der Waals surface area (Å²) in [5.41, 5.74) is 5.94. The zero-order valence-corrected chi connectivity index (χ0v) is 11.8. The first kappa shape index (κ1) is 15.9. The minimum atomic E-state index is -0.396. The average Bonchev–Trinajstić information content (AvgIpc) is 3.18. The van der Waals surface area contributed by atoms with E-state index in [2.05, 4.69) is 0 Å². The van der Waals surface area contributed by atoms with Gasteiger partial charge in [0.05, 0.1) is 13.2 Å². The topological polar surface area (TPSA) is 81.9 Å². The number of nitrogens with two attached hydrogens (primary N) is 1. The van der Waals surface area contributed by atoms with Crippen LogP contribution in [-0.4, -0.2) is 56.2 Å². The standard InChI is InChI=1S/C13H24N2O4/c1-3-19-13(17)9-15(6-7-18-2)12(16)8-11(14)10-4-5-10/h10-11H,3-9,14H2,1-2H3. The van der Waals surface area contributed by atoms with Crippen molar-refractivity contribution in [3.05, 3.63) is 0 Å². The molecule has 0 aromatic heterocycles. The Hall–Kier alpha value is -1.14. The maximum absolute atomic E-state index is 12.1. The quantitative estimate of drug-likeness (QED) is 0.604. The highest BCUT2D eigenvalue weighted by Crippen LogP contribution is 2.32. The van der Waals surface area contributed by atoms with Crippen molar-refractivity contribution >= 4 is 11.9 Å². The molecule has 1 aliphatic carbocycles. The lowest BCUT2D eigenvalue weighted by atomic mass is 10.1. The lowest BCUT2D eigenvalue weighted by Gasteiger charge is -2.23. The Bertz CT molecular complexity index is 305. The molecule has 1 rings (SSSR count). The van der Waals surface area contributed by atoms with Crippen molar-refractivity contribution < 1.29 is 19.1 Å². The first-order valence-corrected chi connectivity index (χ1v) is 6.76. The SMILES string of the molecule is CCOC(=O)CN(CCOC)C(=O)CC(N)C1CC1.